The minimum absolute atomic E-state index is 0.0664. The SMILES string of the molecule is CCCC=CCCCCCCCCC=CC(O)C(CO)NC(=O)CCCCCCCCCCCCCCCCCCC. The molecule has 4 heteroatoms. The summed E-state index contributed by atoms with van der Waals surface area (Å²) in [5.74, 6) is -0.0664. The quantitative estimate of drug-likeness (QED) is 0.0525. The first-order valence-electron chi connectivity index (χ1n) is 18.6. The Morgan fingerprint density at radius 1 is 0.548 bits per heavy atom. The zero-order chi connectivity index (χ0) is 30.8. The summed E-state index contributed by atoms with van der Waals surface area (Å²) in [6.07, 6.45) is 42.6. The standard InChI is InChI=1S/C38H73NO3/c1-3-5-7-9-11-13-15-17-18-19-20-22-24-26-28-30-32-34-38(42)39-36(35-40)37(41)33-31-29-27-25-23-21-16-14-12-10-8-6-4-2/h8,10,31,33,36-37,40-41H,3-7,9,11-30,32,34-35H2,1-2H3,(H,39,42). The van der Waals surface area contributed by atoms with Crippen molar-refractivity contribution in [2.45, 2.75) is 206 Å². The number of unbranched alkanes of at least 4 members (excludes halogenated alkanes) is 24. The summed E-state index contributed by atoms with van der Waals surface area (Å²) in [4.78, 5) is 12.3. The second-order valence-corrected chi connectivity index (χ2v) is 12.6. The van der Waals surface area contributed by atoms with Gasteiger partial charge in [0.15, 0.2) is 0 Å². The number of nitrogens with one attached hydrogen (secondary N) is 1. The molecule has 0 aliphatic rings. The highest BCUT2D eigenvalue weighted by atomic mass is 16.3. The van der Waals surface area contributed by atoms with E-state index in [0.717, 1.165) is 25.7 Å². The smallest absolute Gasteiger partial charge is 0.220 e. The molecule has 0 bridgehead atoms. The predicted molar refractivity (Wildman–Crippen MR) is 184 cm³/mol. The number of allylic oxidation sites excluding steroid dienone is 3. The highest BCUT2D eigenvalue weighted by Crippen LogP contribution is 2.15. The van der Waals surface area contributed by atoms with Gasteiger partial charge >= 0.3 is 0 Å². The van der Waals surface area contributed by atoms with E-state index in [1.54, 1.807) is 6.08 Å². The minimum Gasteiger partial charge on any atom is -0.394 e. The fourth-order valence-electron chi connectivity index (χ4n) is 5.53. The second kappa shape index (κ2) is 34.4. The van der Waals surface area contributed by atoms with E-state index in [1.807, 2.05) is 6.08 Å². The molecule has 1 amide bonds. The zero-order valence-corrected chi connectivity index (χ0v) is 28.3. The van der Waals surface area contributed by atoms with Crippen LogP contribution < -0.4 is 5.32 Å². The molecule has 0 saturated carbocycles. The average Bonchev–Trinajstić information content (AvgIpc) is 2.99. The van der Waals surface area contributed by atoms with Crippen LogP contribution in [0.3, 0.4) is 0 Å². The molecular weight excluding hydrogens is 518 g/mol. The summed E-state index contributed by atoms with van der Waals surface area (Å²) in [6, 6.07) is -0.620. The lowest BCUT2D eigenvalue weighted by Gasteiger charge is -2.20. The first-order chi connectivity index (χ1) is 20.7. The first-order valence-corrected chi connectivity index (χ1v) is 18.6. The summed E-state index contributed by atoms with van der Waals surface area (Å²) in [7, 11) is 0. The molecule has 248 valence electrons. The maximum atomic E-state index is 12.3. The molecule has 0 aromatic carbocycles. The summed E-state index contributed by atoms with van der Waals surface area (Å²) in [5, 5.41) is 22.9. The molecule has 0 saturated heterocycles. The lowest BCUT2D eigenvalue weighted by molar-refractivity contribution is -0.123. The van der Waals surface area contributed by atoms with Crippen molar-refractivity contribution in [1.29, 1.82) is 0 Å². The number of hydrogen-bond donors (Lipinski definition) is 3. The summed E-state index contributed by atoms with van der Waals surface area (Å²) < 4.78 is 0. The fourth-order valence-corrected chi connectivity index (χ4v) is 5.53. The van der Waals surface area contributed by atoms with Crippen molar-refractivity contribution in [3.63, 3.8) is 0 Å². The molecule has 2 unspecified atom stereocenters. The van der Waals surface area contributed by atoms with Crippen molar-refractivity contribution in [3.05, 3.63) is 24.3 Å². The molecule has 2 atom stereocenters. The third-order valence-corrected chi connectivity index (χ3v) is 8.41. The lowest BCUT2D eigenvalue weighted by Crippen LogP contribution is -2.45. The van der Waals surface area contributed by atoms with Crippen LogP contribution in [-0.4, -0.2) is 34.9 Å². The van der Waals surface area contributed by atoms with E-state index in [9.17, 15) is 15.0 Å². The number of aliphatic hydroxyl groups is 2. The predicted octanol–water partition coefficient (Wildman–Crippen LogP) is 10.9. The van der Waals surface area contributed by atoms with Crippen LogP contribution in [0.1, 0.15) is 194 Å². The number of aliphatic hydroxyl groups excluding tert-OH is 2. The molecular formula is C38H73NO3. The van der Waals surface area contributed by atoms with Crippen LogP contribution in [0, 0.1) is 0 Å². The molecule has 0 aliphatic carbocycles. The second-order valence-electron chi connectivity index (χ2n) is 12.6. The molecule has 0 aromatic rings. The Kier molecular flexibility index (Phi) is 33.4. The van der Waals surface area contributed by atoms with Gasteiger partial charge in [0.1, 0.15) is 0 Å². The van der Waals surface area contributed by atoms with Crippen LogP contribution in [0.5, 0.6) is 0 Å². The van der Waals surface area contributed by atoms with Crippen LogP contribution >= 0.6 is 0 Å². The van der Waals surface area contributed by atoms with E-state index in [0.29, 0.717) is 6.42 Å². The monoisotopic (exact) mass is 592 g/mol. The minimum atomic E-state index is -0.838. The molecule has 0 fully saturated rings. The number of carbonyl (C=O) groups excluding carboxylic acids is 1. The highest BCUT2D eigenvalue weighted by Gasteiger charge is 2.17. The van der Waals surface area contributed by atoms with Gasteiger partial charge in [-0.3, -0.25) is 4.79 Å². The van der Waals surface area contributed by atoms with E-state index in [2.05, 4.69) is 31.3 Å². The third kappa shape index (κ3) is 30.3. The topological polar surface area (TPSA) is 69.6 Å². The van der Waals surface area contributed by atoms with Gasteiger partial charge < -0.3 is 15.5 Å². The van der Waals surface area contributed by atoms with Crippen LogP contribution in [-0.2, 0) is 4.79 Å². The average molecular weight is 592 g/mol. The normalized spacial score (nSPS) is 13.3. The van der Waals surface area contributed by atoms with Gasteiger partial charge in [-0.25, -0.2) is 0 Å². The molecule has 0 aliphatic heterocycles. The first kappa shape index (κ1) is 40.9. The molecule has 0 aromatic heterocycles. The lowest BCUT2D eigenvalue weighted by atomic mass is 10.0. The molecule has 0 spiro atoms. The Morgan fingerprint density at radius 3 is 1.40 bits per heavy atom. The van der Waals surface area contributed by atoms with Gasteiger partial charge in [-0.15, -0.1) is 0 Å². The van der Waals surface area contributed by atoms with E-state index in [4.69, 9.17) is 0 Å². The van der Waals surface area contributed by atoms with Crippen LogP contribution in [0.2, 0.25) is 0 Å². The van der Waals surface area contributed by atoms with E-state index in [1.165, 1.54) is 148 Å². The number of hydrogen-bond acceptors (Lipinski definition) is 3. The number of rotatable bonds is 33. The third-order valence-electron chi connectivity index (χ3n) is 8.41. The van der Waals surface area contributed by atoms with Gasteiger partial charge in [0.25, 0.3) is 0 Å². The molecule has 0 rings (SSSR count). The molecule has 4 nitrogen and oxygen atoms in total. The maximum absolute atomic E-state index is 12.3. The fraction of sp³-hybridized carbons (Fsp3) is 0.868. The Morgan fingerprint density at radius 2 is 0.952 bits per heavy atom. The number of carbonyl (C=O) groups is 1. The molecule has 0 heterocycles. The summed E-state index contributed by atoms with van der Waals surface area (Å²) in [6.45, 7) is 4.25. The van der Waals surface area contributed by atoms with Gasteiger partial charge in [-0.05, 0) is 38.5 Å². The maximum Gasteiger partial charge on any atom is 0.220 e. The highest BCUT2D eigenvalue weighted by molar-refractivity contribution is 5.76. The van der Waals surface area contributed by atoms with E-state index >= 15 is 0 Å². The van der Waals surface area contributed by atoms with E-state index < -0.39 is 12.1 Å². The Hall–Kier alpha value is -1.13. The van der Waals surface area contributed by atoms with Crippen LogP contribution in [0.4, 0.5) is 0 Å². The Bertz CT molecular complexity index is 603. The van der Waals surface area contributed by atoms with Gasteiger partial charge in [0, 0.05) is 6.42 Å². The zero-order valence-electron chi connectivity index (χ0n) is 28.3. The van der Waals surface area contributed by atoms with Crippen molar-refractivity contribution < 1.29 is 15.0 Å². The summed E-state index contributed by atoms with van der Waals surface area (Å²) in [5.41, 5.74) is 0. The van der Waals surface area contributed by atoms with Crippen molar-refractivity contribution >= 4 is 5.91 Å². The van der Waals surface area contributed by atoms with Gasteiger partial charge in [-0.2, -0.15) is 0 Å². The Labute approximate surface area is 262 Å². The van der Waals surface area contributed by atoms with Crippen molar-refractivity contribution in [2.24, 2.45) is 0 Å². The number of amides is 1. The molecule has 0 radical (unpaired) electrons. The van der Waals surface area contributed by atoms with Gasteiger partial charge in [0.2, 0.25) is 5.91 Å². The molecule has 3 N–H and O–H groups in total. The van der Waals surface area contributed by atoms with Crippen molar-refractivity contribution in [2.75, 3.05) is 6.61 Å². The van der Waals surface area contributed by atoms with Crippen molar-refractivity contribution in [1.82, 2.24) is 5.32 Å². The van der Waals surface area contributed by atoms with Crippen molar-refractivity contribution in [3.8, 4) is 0 Å². The van der Waals surface area contributed by atoms with Crippen LogP contribution in [0.15, 0.2) is 24.3 Å². The largest absolute Gasteiger partial charge is 0.394 e. The molecule has 42 heavy (non-hydrogen) atoms. The Balaban J connectivity index is 3.59. The van der Waals surface area contributed by atoms with Gasteiger partial charge in [0.05, 0.1) is 18.8 Å². The van der Waals surface area contributed by atoms with E-state index in [-0.39, 0.29) is 12.5 Å². The van der Waals surface area contributed by atoms with Crippen LogP contribution in [0.25, 0.3) is 0 Å². The van der Waals surface area contributed by atoms with Gasteiger partial charge in [-0.1, -0.05) is 173 Å². The summed E-state index contributed by atoms with van der Waals surface area (Å²) >= 11 is 0.